The number of fused-ring (bicyclic) bond motifs is 1. The summed E-state index contributed by atoms with van der Waals surface area (Å²) >= 11 is 7.19. The van der Waals surface area contributed by atoms with Gasteiger partial charge in [0.25, 0.3) is 0 Å². The molecule has 1 heterocycles. The highest BCUT2D eigenvalue weighted by Crippen LogP contribution is 2.31. The molecule has 1 N–H and O–H groups in total. The molecule has 0 saturated heterocycles. The monoisotopic (exact) mass is 306 g/mol. The second-order valence-corrected chi connectivity index (χ2v) is 5.97. The quantitative estimate of drug-likeness (QED) is 0.713. The van der Waals surface area contributed by atoms with Crippen molar-refractivity contribution in [2.45, 2.75) is 13.0 Å². The SMILES string of the molecule is C[C@H](Nc1nc2cc(Cl)c(F)cc2s1)c1ccccc1. The van der Waals surface area contributed by atoms with Crippen molar-refractivity contribution in [3.8, 4) is 0 Å². The number of nitrogens with one attached hydrogen (secondary N) is 1. The molecule has 20 heavy (non-hydrogen) atoms. The van der Waals surface area contributed by atoms with Crippen molar-refractivity contribution in [1.29, 1.82) is 0 Å². The maximum absolute atomic E-state index is 13.4. The van der Waals surface area contributed by atoms with Crippen LogP contribution in [0.5, 0.6) is 0 Å². The van der Waals surface area contributed by atoms with Gasteiger partial charge in [-0.25, -0.2) is 9.37 Å². The molecule has 0 fully saturated rings. The van der Waals surface area contributed by atoms with Gasteiger partial charge in [0.15, 0.2) is 5.13 Å². The lowest BCUT2D eigenvalue weighted by atomic mass is 10.1. The van der Waals surface area contributed by atoms with Gasteiger partial charge in [-0.2, -0.15) is 0 Å². The largest absolute Gasteiger partial charge is 0.355 e. The minimum Gasteiger partial charge on any atom is -0.355 e. The third-order valence-electron chi connectivity index (χ3n) is 3.07. The zero-order valence-electron chi connectivity index (χ0n) is 10.7. The van der Waals surface area contributed by atoms with Gasteiger partial charge in [0.2, 0.25) is 0 Å². The van der Waals surface area contributed by atoms with Gasteiger partial charge in [0.05, 0.1) is 21.3 Å². The molecule has 2 aromatic carbocycles. The first-order valence-corrected chi connectivity index (χ1v) is 7.40. The fraction of sp³-hybridized carbons (Fsp3) is 0.133. The Labute approximate surface area is 125 Å². The Bertz CT molecular complexity index is 703. The van der Waals surface area contributed by atoms with Gasteiger partial charge in [-0.05, 0) is 24.6 Å². The molecule has 0 radical (unpaired) electrons. The molecule has 0 saturated carbocycles. The number of hydrogen-bond donors (Lipinski definition) is 1. The molecule has 102 valence electrons. The van der Waals surface area contributed by atoms with Crippen LogP contribution in [0.4, 0.5) is 9.52 Å². The van der Waals surface area contributed by atoms with E-state index in [1.54, 1.807) is 6.07 Å². The summed E-state index contributed by atoms with van der Waals surface area (Å²) in [4.78, 5) is 4.44. The Morgan fingerprint density at radius 3 is 2.75 bits per heavy atom. The topological polar surface area (TPSA) is 24.9 Å². The molecule has 0 bridgehead atoms. The lowest BCUT2D eigenvalue weighted by Gasteiger charge is -2.12. The van der Waals surface area contributed by atoms with E-state index in [1.807, 2.05) is 18.2 Å². The molecule has 1 atom stereocenters. The van der Waals surface area contributed by atoms with Crippen molar-refractivity contribution in [3.05, 3.63) is 58.9 Å². The first-order chi connectivity index (χ1) is 9.63. The number of anilines is 1. The van der Waals surface area contributed by atoms with E-state index in [0.717, 1.165) is 9.83 Å². The fourth-order valence-electron chi connectivity index (χ4n) is 2.00. The highest BCUT2D eigenvalue weighted by Gasteiger charge is 2.11. The maximum atomic E-state index is 13.4. The minimum absolute atomic E-state index is 0.102. The smallest absolute Gasteiger partial charge is 0.184 e. The Kier molecular flexibility index (Phi) is 3.59. The highest BCUT2D eigenvalue weighted by atomic mass is 35.5. The van der Waals surface area contributed by atoms with E-state index in [9.17, 15) is 4.39 Å². The van der Waals surface area contributed by atoms with E-state index in [0.29, 0.717) is 5.52 Å². The van der Waals surface area contributed by atoms with Crippen LogP contribution >= 0.6 is 22.9 Å². The zero-order valence-corrected chi connectivity index (χ0v) is 12.3. The van der Waals surface area contributed by atoms with Gasteiger partial charge in [0, 0.05) is 0 Å². The molecule has 5 heteroatoms. The normalized spacial score (nSPS) is 12.6. The molecule has 0 aliphatic rings. The summed E-state index contributed by atoms with van der Waals surface area (Å²) < 4.78 is 14.2. The molecule has 0 amide bonds. The second-order valence-electron chi connectivity index (χ2n) is 4.53. The standard InChI is InChI=1S/C15H12ClFN2S/c1-9(10-5-3-2-4-6-10)18-15-19-13-7-11(16)12(17)8-14(13)20-15/h2-9H,1H3,(H,18,19)/t9-/m0/s1. The summed E-state index contributed by atoms with van der Waals surface area (Å²) in [5.74, 6) is -0.412. The average Bonchev–Trinajstić information content (AvgIpc) is 2.81. The predicted octanol–water partition coefficient (Wildman–Crippen LogP) is 5.26. The van der Waals surface area contributed by atoms with Crippen LogP contribution in [-0.2, 0) is 0 Å². The minimum atomic E-state index is -0.412. The van der Waals surface area contributed by atoms with E-state index in [4.69, 9.17) is 11.6 Å². The summed E-state index contributed by atoms with van der Waals surface area (Å²) in [6.07, 6.45) is 0. The predicted molar refractivity (Wildman–Crippen MR) is 83.1 cm³/mol. The molecule has 0 spiro atoms. The molecule has 0 unspecified atom stereocenters. The summed E-state index contributed by atoms with van der Waals surface area (Å²) in [5.41, 5.74) is 1.89. The first-order valence-electron chi connectivity index (χ1n) is 6.20. The first kappa shape index (κ1) is 13.3. The number of benzene rings is 2. The Balaban J connectivity index is 1.88. The van der Waals surface area contributed by atoms with Crippen molar-refractivity contribution >= 4 is 38.3 Å². The number of rotatable bonds is 3. The summed E-state index contributed by atoms with van der Waals surface area (Å²) in [5, 5.41) is 4.19. The molecule has 2 nitrogen and oxygen atoms in total. The highest BCUT2D eigenvalue weighted by molar-refractivity contribution is 7.22. The lowest BCUT2D eigenvalue weighted by Crippen LogP contribution is -2.05. The van der Waals surface area contributed by atoms with Crippen LogP contribution in [0.1, 0.15) is 18.5 Å². The summed E-state index contributed by atoms with van der Waals surface area (Å²) in [6.45, 7) is 2.06. The molecule has 0 aliphatic carbocycles. The van der Waals surface area contributed by atoms with Crippen molar-refractivity contribution in [1.82, 2.24) is 4.98 Å². The van der Waals surface area contributed by atoms with Gasteiger partial charge >= 0.3 is 0 Å². The van der Waals surface area contributed by atoms with Crippen LogP contribution in [0.2, 0.25) is 5.02 Å². The lowest BCUT2D eigenvalue weighted by molar-refractivity contribution is 0.630. The van der Waals surface area contributed by atoms with Crippen LogP contribution in [0, 0.1) is 5.82 Å². The van der Waals surface area contributed by atoms with Crippen molar-refractivity contribution in [3.63, 3.8) is 0 Å². The second kappa shape index (κ2) is 5.38. The van der Waals surface area contributed by atoms with E-state index in [-0.39, 0.29) is 11.1 Å². The van der Waals surface area contributed by atoms with Gasteiger partial charge in [-0.3, -0.25) is 0 Å². The molecule has 3 aromatic rings. The third kappa shape index (κ3) is 2.62. The number of aromatic nitrogens is 1. The Hall–Kier alpha value is -1.65. The third-order valence-corrected chi connectivity index (χ3v) is 4.31. The summed E-state index contributed by atoms with van der Waals surface area (Å²) in [6, 6.07) is 13.2. The van der Waals surface area contributed by atoms with Gasteiger partial charge in [-0.1, -0.05) is 53.3 Å². The zero-order chi connectivity index (χ0) is 14.1. The maximum Gasteiger partial charge on any atom is 0.184 e. The molecular weight excluding hydrogens is 295 g/mol. The van der Waals surface area contributed by atoms with Gasteiger partial charge in [-0.15, -0.1) is 0 Å². The van der Waals surface area contributed by atoms with E-state index < -0.39 is 5.82 Å². The van der Waals surface area contributed by atoms with Crippen molar-refractivity contribution in [2.24, 2.45) is 0 Å². The van der Waals surface area contributed by atoms with Crippen molar-refractivity contribution < 1.29 is 4.39 Å². The molecule has 1 aromatic heterocycles. The molecule has 3 rings (SSSR count). The number of nitrogens with zero attached hydrogens (tertiary/aromatic N) is 1. The Morgan fingerprint density at radius 2 is 2.00 bits per heavy atom. The van der Waals surface area contributed by atoms with Gasteiger partial charge in [0.1, 0.15) is 5.82 Å². The van der Waals surface area contributed by atoms with E-state index >= 15 is 0 Å². The van der Waals surface area contributed by atoms with E-state index in [1.165, 1.54) is 23.0 Å². The summed E-state index contributed by atoms with van der Waals surface area (Å²) in [7, 11) is 0. The van der Waals surface area contributed by atoms with Crippen LogP contribution in [0.3, 0.4) is 0 Å². The average molecular weight is 307 g/mol. The fourth-order valence-corrected chi connectivity index (χ4v) is 3.11. The van der Waals surface area contributed by atoms with Crippen molar-refractivity contribution in [2.75, 3.05) is 5.32 Å². The number of thiazole rings is 1. The Morgan fingerprint density at radius 1 is 1.25 bits per heavy atom. The molecule has 0 aliphatic heterocycles. The number of halogens is 2. The molecular formula is C15H12ClFN2S. The van der Waals surface area contributed by atoms with E-state index in [2.05, 4.69) is 29.4 Å². The number of hydrogen-bond acceptors (Lipinski definition) is 3. The van der Waals surface area contributed by atoms with Crippen LogP contribution in [0.25, 0.3) is 10.2 Å². The van der Waals surface area contributed by atoms with Crippen LogP contribution < -0.4 is 5.32 Å². The van der Waals surface area contributed by atoms with Crippen LogP contribution in [-0.4, -0.2) is 4.98 Å². The van der Waals surface area contributed by atoms with Crippen LogP contribution in [0.15, 0.2) is 42.5 Å². The van der Waals surface area contributed by atoms with Gasteiger partial charge < -0.3 is 5.32 Å².